The molecule has 0 aromatic heterocycles. The van der Waals surface area contributed by atoms with Gasteiger partial charge in [0.1, 0.15) is 17.2 Å². The molecule has 116 valence electrons. The lowest BCUT2D eigenvalue weighted by atomic mass is 10.2. The normalized spacial score (nSPS) is 9.95. The smallest absolute Gasteiger partial charge is 0.262 e. The highest BCUT2D eigenvalue weighted by atomic mass is 79.9. The first kappa shape index (κ1) is 16.2. The fourth-order valence-electron chi connectivity index (χ4n) is 1.79. The quantitative estimate of drug-likeness (QED) is 0.851. The molecule has 0 saturated heterocycles. The van der Waals surface area contributed by atoms with E-state index in [2.05, 4.69) is 21.2 Å². The molecular weight excluding hydrogens is 350 g/mol. The van der Waals surface area contributed by atoms with Gasteiger partial charge in [-0.1, -0.05) is 22.0 Å². The molecule has 0 atom stereocenters. The Hall–Kier alpha value is -2.21. The second-order valence-electron chi connectivity index (χ2n) is 4.36. The highest BCUT2D eigenvalue weighted by Crippen LogP contribution is 2.29. The van der Waals surface area contributed by atoms with E-state index in [1.54, 1.807) is 37.4 Å². The highest BCUT2D eigenvalue weighted by molar-refractivity contribution is 9.10. The second kappa shape index (κ2) is 7.70. The molecule has 0 spiro atoms. The van der Waals surface area contributed by atoms with Crippen LogP contribution in [0.1, 0.15) is 0 Å². The SMILES string of the molecule is COc1ccc(NC(=O)COc2cccc(Br)c2)c(OC)c1. The van der Waals surface area contributed by atoms with Crippen LogP contribution in [-0.2, 0) is 4.79 Å². The minimum absolute atomic E-state index is 0.0916. The van der Waals surface area contributed by atoms with Gasteiger partial charge in [-0.15, -0.1) is 0 Å². The number of methoxy groups -OCH3 is 2. The lowest BCUT2D eigenvalue weighted by molar-refractivity contribution is -0.118. The Kier molecular flexibility index (Phi) is 5.66. The van der Waals surface area contributed by atoms with Crippen molar-refractivity contribution in [1.29, 1.82) is 0 Å². The molecule has 0 aliphatic carbocycles. The molecule has 0 heterocycles. The van der Waals surface area contributed by atoms with E-state index in [9.17, 15) is 4.79 Å². The van der Waals surface area contributed by atoms with Crippen molar-refractivity contribution >= 4 is 27.5 Å². The molecule has 2 rings (SSSR count). The van der Waals surface area contributed by atoms with Crippen LogP contribution in [0, 0.1) is 0 Å². The molecule has 1 amide bonds. The Balaban J connectivity index is 1.97. The van der Waals surface area contributed by atoms with Gasteiger partial charge in [0.25, 0.3) is 5.91 Å². The highest BCUT2D eigenvalue weighted by Gasteiger charge is 2.09. The van der Waals surface area contributed by atoms with Crippen molar-refractivity contribution in [2.75, 3.05) is 26.1 Å². The third kappa shape index (κ3) is 4.39. The van der Waals surface area contributed by atoms with Crippen LogP contribution in [0.3, 0.4) is 0 Å². The summed E-state index contributed by atoms with van der Waals surface area (Å²) in [6, 6.07) is 12.5. The summed E-state index contributed by atoms with van der Waals surface area (Å²) in [5, 5.41) is 2.74. The van der Waals surface area contributed by atoms with E-state index in [0.717, 1.165) is 4.47 Å². The Labute approximate surface area is 137 Å². The molecule has 0 bridgehead atoms. The lowest BCUT2D eigenvalue weighted by Crippen LogP contribution is -2.20. The van der Waals surface area contributed by atoms with Gasteiger partial charge >= 0.3 is 0 Å². The van der Waals surface area contributed by atoms with Crippen LogP contribution in [0.4, 0.5) is 5.69 Å². The summed E-state index contributed by atoms with van der Waals surface area (Å²) in [4.78, 5) is 12.0. The number of carbonyl (C=O) groups excluding carboxylic acids is 1. The van der Waals surface area contributed by atoms with E-state index >= 15 is 0 Å². The number of carbonyl (C=O) groups is 1. The van der Waals surface area contributed by atoms with Gasteiger partial charge in [0.15, 0.2) is 6.61 Å². The minimum Gasteiger partial charge on any atom is -0.497 e. The summed E-state index contributed by atoms with van der Waals surface area (Å²) in [5.74, 6) is 1.52. The standard InChI is InChI=1S/C16H16BrNO4/c1-20-12-6-7-14(15(9-12)21-2)18-16(19)10-22-13-5-3-4-11(17)8-13/h3-9H,10H2,1-2H3,(H,18,19). The van der Waals surface area contributed by atoms with Crippen molar-refractivity contribution in [2.45, 2.75) is 0 Å². The number of hydrogen-bond acceptors (Lipinski definition) is 4. The summed E-state index contributed by atoms with van der Waals surface area (Å²) in [5.41, 5.74) is 0.561. The van der Waals surface area contributed by atoms with Crippen molar-refractivity contribution in [1.82, 2.24) is 0 Å². The maximum Gasteiger partial charge on any atom is 0.262 e. The molecule has 5 nitrogen and oxygen atoms in total. The van der Waals surface area contributed by atoms with Crippen molar-refractivity contribution in [3.05, 3.63) is 46.9 Å². The number of benzene rings is 2. The Bertz CT molecular complexity index is 660. The molecule has 22 heavy (non-hydrogen) atoms. The number of rotatable bonds is 6. The largest absolute Gasteiger partial charge is 0.497 e. The van der Waals surface area contributed by atoms with E-state index in [0.29, 0.717) is 22.9 Å². The van der Waals surface area contributed by atoms with Gasteiger partial charge in [-0.25, -0.2) is 0 Å². The van der Waals surface area contributed by atoms with Crippen LogP contribution < -0.4 is 19.5 Å². The summed E-state index contributed by atoms with van der Waals surface area (Å²) >= 11 is 3.35. The number of amides is 1. The lowest BCUT2D eigenvalue weighted by Gasteiger charge is -2.12. The van der Waals surface area contributed by atoms with Gasteiger partial charge in [0.2, 0.25) is 0 Å². The van der Waals surface area contributed by atoms with Gasteiger partial charge in [-0.3, -0.25) is 4.79 Å². The summed E-state index contributed by atoms with van der Waals surface area (Å²) in [7, 11) is 3.10. The van der Waals surface area contributed by atoms with Crippen molar-refractivity contribution in [3.63, 3.8) is 0 Å². The maximum absolute atomic E-state index is 12.0. The summed E-state index contributed by atoms with van der Waals surface area (Å²) in [6.07, 6.45) is 0. The second-order valence-corrected chi connectivity index (χ2v) is 5.28. The maximum atomic E-state index is 12.0. The fraction of sp³-hybridized carbons (Fsp3) is 0.188. The molecule has 0 fully saturated rings. The summed E-state index contributed by atoms with van der Waals surface area (Å²) < 4.78 is 16.7. The number of hydrogen-bond donors (Lipinski definition) is 1. The molecule has 0 aliphatic rings. The number of ether oxygens (including phenoxy) is 3. The molecule has 6 heteroatoms. The zero-order valence-corrected chi connectivity index (χ0v) is 13.8. The Morgan fingerprint density at radius 1 is 1.09 bits per heavy atom. The first-order valence-corrected chi connectivity index (χ1v) is 7.32. The van der Waals surface area contributed by atoms with Gasteiger partial charge in [-0.2, -0.15) is 0 Å². The third-order valence-electron chi connectivity index (χ3n) is 2.85. The molecule has 0 radical (unpaired) electrons. The van der Waals surface area contributed by atoms with Crippen molar-refractivity contribution in [3.8, 4) is 17.2 Å². The Morgan fingerprint density at radius 3 is 2.59 bits per heavy atom. The van der Waals surface area contributed by atoms with E-state index in [1.807, 2.05) is 12.1 Å². The van der Waals surface area contributed by atoms with E-state index in [1.165, 1.54) is 7.11 Å². The van der Waals surface area contributed by atoms with E-state index in [4.69, 9.17) is 14.2 Å². The molecule has 2 aromatic carbocycles. The Morgan fingerprint density at radius 2 is 1.91 bits per heavy atom. The average molecular weight is 366 g/mol. The minimum atomic E-state index is -0.275. The van der Waals surface area contributed by atoms with Crippen LogP contribution in [0.5, 0.6) is 17.2 Å². The monoisotopic (exact) mass is 365 g/mol. The topological polar surface area (TPSA) is 56.8 Å². The van der Waals surface area contributed by atoms with E-state index < -0.39 is 0 Å². The van der Waals surface area contributed by atoms with E-state index in [-0.39, 0.29) is 12.5 Å². The van der Waals surface area contributed by atoms with Gasteiger partial charge in [-0.05, 0) is 30.3 Å². The van der Waals surface area contributed by atoms with Crippen LogP contribution in [0.2, 0.25) is 0 Å². The van der Waals surface area contributed by atoms with Crippen molar-refractivity contribution < 1.29 is 19.0 Å². The third-order valence-corrected chi connectivity index (χ3v) is 3.34. The van der Waals surface area contributed by atoms with Gasteiger partial charge in [0.05, 0.1) is 19.9 Å². The van der Waals surface area contributed by atoms with Crippen LogP contribution >= 0.6 is 15.9 Å². The predicted molar refractivity (Wildman–Crippen MR) is 87.8 cm³/mol. The van der Waals surface area contributed by atoms with Crippen LogP contribution in [0.25, 0.3) is 0 Å². The molecular formula is C16H16BrNO4. The number of halogens is 1. The summed E-state index contributed by atoms with van der Waals surface area (Å²) in [6.45, 7) is -0.0916. The van der Waals surface area contributed by atoms with Crippen LogP contribution in [0.15, 0.2) is 46.9 Å². The number of nitrogens with one attached hydrogen (secondary N) is 1. The molecule has 0 aliphatic heterocycles. The van der Waals surface area contributed by atoms with Crippen LogP contribution in [-0.4, -0.2) is 26.7 Å². The molecule has 2 aromatic rings. The average Bonchev–Trinajstić information content (AvgIpc) is 2.53. The molecule has 1 N–H and O–H groups in total. The zero-order chi connectivity index (χ0) is 15.9. The van der Waals surface area contributed by atoms with Gasteiger partial charge in [0, 0.05) is 10.5 Å². The predicted octanol–water partition coefficient (Wildman–Crippen LogP) is 3.48. The first-order chi connectivity index (χ1) is 10.6. The van der Waals surface area contributed by atoms with Gasteiger partial charge < -0.3 is 19.5 Å². The molecule has 0 unspecified atom stereocenters. The van der Waals surface area contributed by atoms with Crippen molar-refractivity contribution in [2.24, 2.45) is 0 Å². The zero-order valence-electron chi connectivity index (χ0n) is 12.3. The first-order valence-electron chi connectivity index (χ1n) is 6.52. The fourth-order valence-corrected chi connectivity index (χ4v) is 2.17. The number of anilines is 1. The molecule has 0 saturated carbocycles.